The number of nitrogens with zero attached hydrogens (tertiary/aromatic N) is 5. The summed E-state index contributed by atoms with van der Waals surface area (Å²) in [5.41, 5.74) is 10.4. The minimum atomic E-state index is 0.115. The molecular weight excluding hydrogens is 404 g/mol. The van der Waals surface area contributed by atoms with Crippen molar-refractivity contribution < 1.29 is 9.53 Å². The van der Waals surface area contributed by atoms with Gasteiger partial charge in [-0.15, -0.1) is 0 Å². The molecule has 0 saturated carbocycles. The fourth-order valence-electron chi connectivity index (χ4n) is 5.18. The molecule has 0 aromatic carbocycles. The van der Waals surface area contributed by atoms with Gasteiger partial charge in [-0.25, -0.2) is 9.97 Å². The van der Waals surface area contributed by atoms with Gasteiger partial charge in [0.15, 0.2) is 5.78 Å². The standard InChI is InChI=1S/C24H26N6O2/c25-23-20-3-2-17(19(20)5-6-26-23)7-21(31)18-9-28-30(11-18)10-16-1-4-22(27-8-16)29-12-24(13-29)14-32-15-24/h1,4-6,8-9,11,17H,2-3,7,10,12-15H2,(H2,25,26)/t17-/m0/s1. The van der Waals surface area contributed by atoms with Gasteiger partial charge >= 0.3 is 0 Å². The van der Waals surface area contributed by atoms with Crippen molar-refractivity contribution in [3.05, 3.63) is 65.2 Å². The van der Waals surface area contributed by atoms with Crippen LogP contribution in [-0.4, -0.2) is 51.8 Å². The number of Topliss-reactive ketones (excluding diaryl/α,β-unsaturated/α-hetero) is 1. The van der Waals surface area contributed by atoms with Gasteiger partial charge < -0.3 is 15.4 Å². The van der Waals surface area contributed by atoms with Crippen molar-refractivity contribution in [2.45, 2.75) is 31.7 Å². The molecule has 5 heterocycles. The van der Waals surface area contributed by atoms with Crippen LogP contribution in [0, 0.1) is 5.41 Å². The number of anilines is 2. The molecule has 2 N–H and O–H groups in total. The van der Waals surface area contributed by atoms with Gasteiger partial charge in [0.05, 0.1) is 36.9 Å². The third-order valence-corrected chi connectivity index (χ3v) is 7.04. The number of pyridine rings is 2. The SMILES string of the molecule is Nc1nccc2c1CC[C@H]2CC(=O)c1cnn(Cc2ccc(N3CC4(COC4)C3)nc2)c1. The van der Waals surface area contributed by atoms with E-state index in [9.17, 15) is 4.79 Å². The Kier molecular flexibility index (Phi) is 4.50. The molecule has 1 spiro atoms. The molecule has 1 aliphatic carbocycles. The van der Waals surface area contributed by atoms with Crippen LogP contribution in [0.2, 0.25) is 0 Å². The first-order valence-corrected chi connectivity index (χ1v) is 11.2. The number of ketones is 1. The van der Waals surface area contributed by atoms with Crippen LogP contribution in [0.4, 0.5) is 11.6 Å². The van der Waals surface area contributed by atoms with Crippen molar-refractivity contribution in [1.82, 2.24) is 19.7 Å². The largest absolute Gasteiger partial charge is 0.383 e. The van der Waals surface area contributed by atoms with E-state index in [1.165, 1.54) is 5.56 Å². The minimum absolute atomic E-state index is 0.115. The Morgan fingerprint density at radius 1 is 1.19 bits per heavy atom. The lowest BCUT2D eigenvalue weighted by Gasteiger charge is -2.55. The van der Waals surface area contributed by atoms with Crippen LogP contribution < -0.4 is 10.6 Å². The molecule has 2 aliphatic heterocycles. The highest BCUT2D eigenvalue weighted by molar-refractivity contribution is 5.96. The summed E-state index contributed by atoms with van der Waals surface area (Å²) in [6, 6.07) is 6.15. The Balaban J connectivity index is 1.07. The number of hydrogen-bond acceptors (Lipinski definition) is 7. The molecule has 0 unspecified atom stereocenters. The molecule has 0 amide bonds. The predicted molar refractivity (Wildman–Crippen MR) is 120 cm³/mol. The van der Waals surface area contributed by atoms with Crippen molar-refractivity contribution in [2.24, 2.45) is 5.41 Å². The number of nitrogen functional groups attached to an aromatic ring is 1. The van der Waals surface area contributed by atoms with E-state index in [4.69, 9.17) is 10.5 Å². The van der Waals surface area contributed by atoms with E-state index in [-0.39, 0.29) is 11.7 Å². The summed E-state index contributed by atoms with van der Waals surface area (Å²) in [4.78, 5) is 24.0. The Morgan fingerprint density at radius 2 is 2.06 bits per heavy atom. The van der Waals surface area contributed by atoms with Crippen molar-refractivity contribution in [2.75, 3.05) is 36.9 Å². The summed E-state index contributed by atoms with van der Waals surface area (Å²) in [5, 5.41) is 4.40. The van der Waals surface area contributed by atoms with E-state index in [1.807, 2.05) is 18.5 Å². The highest BCUT2D eigenvalue weighted by Crippen LogP contribution is 2.40. The van der Waals surface area contributed by atoms with Crippen LogP contribution in [0.1, 0.15) is 45.8 Å². The van der Waals surface area contributed by atoms with Crippen LogP contribution in [0.15, 0.2) is 43.0 Å². The summed E-state index contributed by atoms with van der Waals surface area (Å²) >= 11 is 0. The molecular formula is C24H26N6O2. The molecule has 1 atom stereocenters. The number of carbonyl (C=O) groups excluding carboxylic acids is 1. The number of aromatic nitrogens is 4. The fourth-order valence-corrected chi connectivity index (χ4v) is 5.18. The van der Waals surface area contributed by atoms with Crippen LogP contribution in [-0.2, 0) is 17.7 Å². The van der Waals surface area contributed by atoms with E-state index >= 15 is 0 Å². The van der Waals surface area contributed by atoms with Gasteiger partial charge in [0, 0.05) is 38.1 Å². The van der Waals surface area contributed by atoms with Crippen molar-refractivity contribution >= 4 is 17.4 Å². The molecule has 3 aliphatic rings. The summed E-state index contributed by atoms with van der Waals surface area (Å²) in [7, 11) is 0. The Hall–Kier alpha value is -3.26. The average Bonchev–Trinajstić information content (AvgIpc) is 3.35. The van der Waals surface area contributed by atoms with Gasteiger partial charge in [0.25, 0.3) is 0 Å². The minimum Gasteiger partial charge on any atom is -0.383 e. The van der Waals surface area contributed by atoms with Gasteiger partial charge in [-0.1, -0.05) is 6.07 Å². The number of ether oxygens (including phenoxy) is 1. The Morgan fingerprint density at radius 3 is 2.81 bits per heavy atom. The summed E-state index contributed by atoms with van der Waals surface area (Å²) in [6.45, 7) is 4.39. The van der Waals surface area contributed by atoms with Gasteiger partial charge in [-0.2, -0.15) is 5.10 Å². The number of fused-ring (bicyclic) bond motifs is 1. The molecule has 0 radical (unpaired) electrons. The lowest BCUT2D eigenvalue weighted by atomic mass is 9.78. The fraction of sp³-hybridized carbons (Fsp3) is 0.417. The zero-order valence-corrected chi connectivity index (χ0v) is 17.9. The van der Waals surface area contributed by atoms with E-state index < -0.39 is 0 Å². The molecule has 6 rings (SSSR count). The van der Waals surface area contributed by atoms with E-state index in [2.05, 4.69) is 32.1 Å². The van der Waals surface area contributed by atoms with E-state index in [0.29, 0.717) is 29.8 Å². The number of hydrogen-bond donors (Lipinski definition) is 1. The molecule has 0 bridgehead atoms. The first-order valence-electron chi connectivity index (χ1n) is 11.2. The third-order valence-electron chi connectivity index (χ3n) is 7.04. The van der Waals surface area contributed by atoms with Crippen molar-refractivity contribution in [3.63, 3.8) is 0 Å². The number of carbonyl (C=O) groups is 1. The summed E-state index contributed by atoms with van der Waals surface area (Å²) in [5.74, 6) is 1.92. The molecule has 32 heavy (non-hydrogen) atoms. The van der Waals surface area contributed by atoms with Crippen LogP contribution >= 0.6 is 0 Å². The Bertz CT molecular complexity index is 1160. The number of rotatable bonds is 6. The highest BCUT2D eigenvalue weighted by Gasteiger charge is 2.49. The zero-order valence-electron chi connectivity index (χ0n) is 17.9. The normalized spacial score (nSPS) is 20.6. The Labute approximate surface area is 186 Å². The van der Waals surface area contributed by atoms with Gasteiger partial charge in [0.1, 0.15) is 11.6 Å². The first kappa shape index (κ1) is 19.4. The zero-order chi connectivity index (χ0) is 21.7. The maximum atomic E-state index is 12.9. The quantitative estimate of drug-likeness (QED) is 0.600. The monoisotopic (exact) mass is 430 g/mol. The lowest BCUT2D eigenvalue weighted by molar-refractivity contribution is -0.127. The van der Waals surface area contributed by atoms with E-state index in [0.717, 1.165) is 56.1 Å². The van der Waals surface area contributed by atoms with Crippen molar-refractivity contribution in [3.8, 4) is 0 Å². The van der Waals surface area contributed by atoms with Crippen LogP contribution in [0.5, 0.6) is 0 Å². The van der Waals surface area contributed by atoms with E-state index in [1.54, 1.807) is 17.1 Å². The lowest BCUT2D eigenvalue weighted by Crippen LogP contribution is -2.66. The topological polar surface area (TPSA) is 99.2 Å². The molecule has 8 nitrogen and oxygen atoms in total. The molecule has 2 fully saturated rings. The predicted octanol–water partition coefficient (Wildman–Crippen LogP) is 2.44. The smallest absolute Gasteiger partial charge is 0.166 e. The second kappa shape index (κ2) is 7.41. The maximum Gasteiger partial charge on any atom is 0.166 e. The molecule has 164 valence electrons. The summed E-state index contributed by atoms with van der Waals surface area (Å²) < 4.78 is 7.14. The van der Waals surface area contributed by atoms with Crippen LogP contribution in [0.25, 0.3) is 0 Å². The van der Waals surface area contributed by atoms with Gasteiger partial charge in [0.2, 0.25) is 0 Å². The highest BCUT2D eigenvalue weighted by atomic mass is 16.5. The third kappa shape index (κ3) is 3.35. The summed E-state index contributed by atoms with van der Waals surface area (Å²) in [6.07, 6.45) is 9.44. The van der Waals surface area contributed by atoms with Gasteiger partial charge in [-0.3, -0.25) is 9.48 Å². The molecule has 3 aromatic rings. The average molecular weight is 431 g/mol. The molecule has 2 saturated heterocycles. The first-order chi connectivity index (χ1) is 15.6. The molecule has 8 heteroatoms. The second-order valence-corrected chi connectivity index (χ2v) is 9.43. The van der Waals surface area contributed by atoms with Crippen LogP contribution in [0.3, 0.4) is 0 Å². The van der Waals surface area contributed by atoms with Gasteiger partial charge in [-0.05, 0) is 47.6 Å². The molecule has 3 aromatic heterocycles. The van der Waals surface area contributed by atoms with Crippen molar-refractivity contribution in [1.29, 1.82) is 0 Å². The maximum absolute atomic E-state index is 12.9. The second-order valence-electron chi connectivity index (χ2n) is 9.43. The number of nitrogens with two attached hydrogens (primary N) is 1.